The van der Waals surface area contributed by atoms with Crippen LogP contribution in [0.25, 0.3) is 0 Å². The van der Waals surface area contributed by atoms with Gasteiger partial charge in [-0.25, -0.2) is 17.6 Å². The molecule has 0 fully saturated rings. The number of halogens is 5. The minimum Gasteiger partial charge on any atom is -0.319 e. The molecule has 20 heavy (non-hydrogen) atoms. The number of amides is 1. The van der Waals surface area contributed by atoms with E-state index in [0.29, 0.717) is 12.1 Å². The van der Waals surface area contributed by atoms with Gasteiger partial charge < -0.3 is 5.32 Å². The van der Waals surface area contributed by atoms with Gasteiger partial charge >= 0.3 is 0 Å². The van der Waals surface area contributed by atoms with Crippen molar-refractivity contribution in [3.63, 3.8) is 0 Å². The first-order chi connectivity index (χ1) is 9.40. The van der Waals surface area contributed by atoms with Gasteiger partial charge in [0, 0.05) is 12.1 Å². The summed E-state index contributed by atoms with van der Waals surface area (Å²) in [6, 6.07) is 4.86. The lowest BCUT2D eigenvalue weighted by molar-refractivity contribution is 0.102. The van der Waals surface area contributed by atoms with Gasteiger partial charge in [0.05, 0.1) is 15.7 Å². The second-order valence-electron chi connectivity index (χ2n) is 3.80. The van der Waals surface area contributed by atoms with E-state index < -0.39 is 34.9 Å². The summed E-state index contributed by atoms with van der Waals surface area (Å²) >= 11 is 2.89. The molecule has 104 valence electrons. The summed E-state index contributed by atoms with van der Waals surface area (Å²) in [5, 5.41) is 1.92. The van der Waals surface area contributed by atoms with Gasteiger partial charge in [-0.2, -0.15) is 0 Å². The fourth-order valence-electron chi connectivity index (χ4n) is 1.52. The van der Waals surface area contributed by atoms with Gasteiger partial charge in [-0.3, -0.25) is 4.79 Å². The number of benzene rings is 2. The van der Waals surface area contributed by atoms with E-state index in [9.17, 15) is 22.4 Å². The van der Waals surface area contributed by atoms with Gasteiger partial charge in [-0.05, 0) is 28.1 Å². The molecular weight excluding hydrogens is 342 g/mol. The predicted octanol–water partition coefficient (Wildman–Crippen LogP) is 4.26. The third-order valence-electron chi connectivity index (χ3n) is 2.44. The van der Waals surface area contributed by atoms with Crippen molar-refractivity contribution in [1.29, 1.82) is 0 Å². The number of hydrogen-bond acceptors (Lipinski definition) is 1. The SMILES string of the molecule is O=C(Nc1cc(F)cc(F)c1F)c1cccc(Br)c1F. The maximum Gasteiger partial charge on any atom is 0.258 e. The molecule has 0 unspecified atom stereocenters. The van der Waals surface area contributed by atoms with Gasteiger partial charge in [0.2, 0.25) is 0 Å². The van der Waals surface area contributed by atoms with Gasteiger partial charge in [0.15, 0.2) is 11.6 Å². The number of carbonyl (C=O) groups is 1. The Labute approximate surface area is 119 Å². The molecule has 2 aromatic rings. The smallest absolute Gasteiger partial charge is 0.258 e. The molecule has 2 nitrogen and oxygen atoms in total. The van der Waals surface area contributed by atoms with Crippen LogP contribution in [0.15, 0.2) is 34.8 Å². The van der Waals surface area contributed by atoms with E-state index in [1.165, 1.54) is 12.1 Å². The number of nitrogens with one attached hydrogen (secondary N) is 1. The molecule has 0 aliphatic carbocycles. The van der Waals surface area contributed by atoms with Crippen LogP contribution < -0.4 is 5.32 Å². The van der Waals surface area contributed by atoms with Crippen molar-refractivity contribution in [2.24, 2.45) is 0 Å². The van der Waals surface area contributed by atoms with Crippen LogP contribution in [-0.4, -0.2) is 5.91 Å². The van der Waals surface area contributed by atoms with E-state index in [1.54, 1.807) is 0 Å². The Balaban J connectivity index is 2.35. The lowest BCUT2D eigenvalue weighted by Crippen LogP contribution is -2.15. The summed E-state index contributed by atoms with van der Waals surface area (Å²) < 4.78 is 53.0. The second-order valence-corrected chi connectivity index (χ2v) is 4.66. The summed E-state index contributed by atoms with van der Waals surface area (Å²) in [6.07, 6.45) is 0. The normalized spacial score (nSPS) is 10.4. The number of carbonyl (C=O) groups excluding carboxylic acids is 1. The maximum atomic E-state index is 13.7. The summed E-state index contributed by atoms with van der Waals surface area (Å²) in [4.78, 5) is 11.8. The van der Waals surface area contributed by atoms with Crippen LogP contribution in [0.3, 0.4) is 0 Å². The molecule has 0 atom stereocenters. The first-order valence-electron chi connectivity index (χ1n) is 5.30. The average molecular weight is 348 g/mol. The molecule has 7 heteroatoms. The van der Waals surface area contributed by atoms with Crippen LogP contribution in [-0.2, 0) is 0 Å². The zero-order valence-electron chi connectivity index (χ0n) is 9.68. The Kier molecular flexibility index (Phi) is 4.08. The van der Waals surface area contributed by atoms with Crippen molar-refractivity contribution in [1.82, 2.24) is 0 Å². The molecule has 1 N–H and O–H groups in total. The lowest BCUT2D eigenvalue weighted by atomic mass is 10.2. The van der Waals surface area contributed by atoms with Crippen LogP contribution >= 0.6 is 15.9 Å². The van der Waals surface area contributed by atoms with E-state index in [0.717, 1.165) is 6.07 Å². The first-order valence-corrected chi connectivity index (χ1v) is 6.09. The van der Waals surface area contributed by atoms with Crippen LogP contribution in [0.5, 0.6) is 0 Å². The second kappa shape index (κ2) is 5.62. The Morgan fingerprint density at radius 3 is 2.45 bits per heavy atom. The highest BCUT2D eigenvalue weighted by Crippen LogP contribution is 2.22. The number of hydrogen-bond donors (Lipinski definition) is 1. The quantitative estimate of drug-likeness (QED) is 0.638. The number of rotatable bonds is 2. The first kappa shape index (κ1) is 14.5. The lowest BCUT2D eigenvalue weighted by Gasteiger charge is -2.08. The molecule has 0 heterocycles. The average Bonchev–Trinajstić information content (AvgIpc) is 2.38. The molecule has 0 radical (unpaired) electrons. The van der Waals surface area contributed by atoms with Crippen molar-refractivity contribution in [2.45, 2.75) is 0 Å². The van der Waals surface area contributed by atoms with Gasteiger partial charge in [-0.1, -0.05) is 6.07 Å². The highest BCUT2D eigenvalue weighted by molar-refractivity contribution is 9.10. The summed E-state index contributed by atoms with van der Waals surface area (Å²) in [7, 11) is 0. The molecule has 2 rings (SSSR count). The van der Waals surface area contributed by atoms with Gasteiger partial charge in [0.1, 0.15) is 11.6 Å². The Bertz CT molecular complexity index is 690. The molecule has 0 aromatic heterocycles. The van der Waals surface area contributed by atoms with E-state index in [4.69, 9.17) is 0 Å². The van der Waals surface area contributed by atoms with Crippen molar-refractivity contribution >= 4 is 27.5 Å². The summed E-state index contributed by atoms with van der Waals surface area (Å²) in [5.41, 5.74) is -1.09. The van der Waals surface area contributed by atoms with Crippen molar-refractivity contribution in [3.8, 4) is 0 Å². The number of anilines is 1. The highest BCUT2D eigenvalue weighted by atomic mass is 79.9. The maximum absolute atomic E-state index is 13.7. The predicted molar refractivity (Wildman–Crippen MR) is 68.4 cm³/mol. The minimum absolute atomic E-state index is 0.0380. The van der Waals surface area contributed by atoms with Crippen molar-refractivity contribution < 1.29 is 22.4 Å². The molecule has 0 saturated heterocycles. The fourth-order valence-corrected chi connectivity index (χ4v) is 1.88. The molecule has 0 spiro atoms. The largest absolute Gasteiger partial charge is 0.319 e. The zero-order valence-corrected chi connectivity index (χ0v) is 11.3. The molecule has 0 saturated carbocycles. The van der Waals surface area contributed by atoms with Gasteiger partial charge in [-0.15, -0.1) is 0 Å². The molecule has 0 aliphatic heterocycles. The molecule has 0 aliphatic rings. The molecule has 1 amide bonds. The van der Waals surface area contributed by atoms with Crippen LogP contribution in [0.4, 0.5) is 23.2 Å². The molecular formula is C13H6BrF4NO. The van der Waals surface area contributed by atoms with Crippen LogP contribution in [0.2, 0.25) is 0 Å². The van der Waals surface area contributed by atoms with Crippen LogP contribution in [0.1, 0.15) is 10.4 Å². The minimum atomic E-state index is -1.45. The highest BCUT2D eigenvalue weighted by Gasteiger charge is 2.18. The zero-order chi connectivity index (χ0) is 14.9. The third-order valence-corrected chi connectivity index (χ3v) is 3.05. The van der Waals surface area contributed by atoms with E-state index in [1.807, 2.05) is 5.32 Å². The summed E-state index contributed by atoms with van der Waals surface area (Å²) in [5.74, 6) is -5.81. The monoisotopic (exact) mass is 347 g/mol. The van der Waals surface area contributed by atoms with E-state index in [-0.39, 0.29) is 10.0 Å². The van der Waals surface area contributed by atoms with E-state index in [2.05, 4.69) is 15.9 Å². The van der Waals surface area contributed by atoms with Crippen molar-refractivity contribution in [3.05, 3.63) is 63.6 Å². The standard InChI is InChI=1S/C13H6BrF4NO/c14-8-3-1-2-7(11(8)17)13(20)19-10-5-6(15)4-9(16)12(10)18/h1-5H,(H,19,20). The molecule has 0 bridgehead atoms. The fraction of sp³-hybridized carbons (Fsp3) is 0. The molecule has 2 aromatic carbocycles. The Morgan fingerprint density at radius 2 is 1.75 bits per heavy atom. The Hall–Kier alpha value is -1.89. The van der Waals surface area contributed by atoms with Crippen molar-refractivity contribution in [2.75, 3.05) is 5.32 Å². The Morgan fingerprint density at radius 1 is 1.05 bits per heavy atom. The topological polar surface area (TPSA) is 29.1 Å². The van der Waals surface area contributed by atoms with Crippen LogP contribution in [0, 0.1) is 23.3 Å². The summed E-state index contributed by atoms with van der Waals surface area (Å²) in [6.45, 7) is 0. The van der Waals surface area contributed by atoms with Gasteiger partial charge in [0.25, 0.3) is 5.91 Å². The third kappa shape index (κ3) is 2.82. The van der Waals surface area contributed by atoms with E-state index >= 15 is 0 Å².